The van der Waals surface area contributed by atoms with E-state index in [1.165, 1.54) is 24.3 Å². The van der Waals surface area contributed by atoms with Crippen molar-refractivity contribution < 1.29 is 36.9 Å². The predicted molar refractivity (Wildman–Crippen MR) is 111 cm³/mol. The lowest BCUT2D eigenvalue weighted by atomic mass is 10.1. The van der Waals surface area contributed by atoms with Gasteiger partial charge >= 0.3 is 5.04 Å². The molecule has 4 rings (SSSR count). The fourth-order valence-corrected chi connectivity index (χ4v) is 4.95. The lowest BCUT2D eigenvalue weighted by Gasteiger charge is -2.23. The van der Waals surface area contributed by atoms with Crippen molar-refractivity contribution in [2.45, 2.75) is 55.7 Å². The van der Waals surface area contributed by atoms with Gasteiger partial charge in [-0.25, -0.2) is 8.42 Å². The smallest absolute Gasteiger partial charge is 0.360 e. The zero-order valence-corrected chi connectivity index (χ0v) is 18.3. The highest BCUT2D eigenvalue weighted by Gasteiger charge is 2.60. The summed E-state index contributed by atoms with van der Waals surface area (Å²) in [5, 5.41) is -1.04. The van der Waals surface area contributed by atoms with E-state index in [-0.39, 0.29) is 11.5 Å². The van der Waals surface area contributed by atoms with Gasteiger partial charge in [0, 0.05) is 0 Å². The summed E-state index contributed by atoms with van der Waals surface area (Å²) in [7, 11) is -4.38. The Morgan fingerprint density at radius 3 is 2.25 bits per heavy atom. The summed E-state index contributed by atoms with van der Waals surface area (Å²) >= 11 is 0. The van der Waals surface area contributed by atoms with Crippen molar-refractivity contribution in [3.05, 3.63) is 71.8 Å². The lowest BCUT2D eigenvalue weighted by molar-refractivity contribution is -0.233. The van der Waals surface area contributed by atoms with Gasteiger partial charge in [0.05, 0.1) is 11.5 Å². The van der Waals surface area contributed by atoms with Crippen LogP contribution in [0, 0.1) is 0 Å². The van der Waals surface area contributed by atoms with Crippen LogP contribution in [-0.4, -0.2) is 54.4 Å². The summed E-state index contributed by atoms with van der Waals surface area (Å²) in [6.07, 6.45) is -4.11. The van der Waals surface area contributed by atoms with E-state index in [1.807, 2.05) is 30.3 Å². The molecule has 2 aromatic carbocycles. The molecule has 4 atom stereocenters. The molecule has 32 heavy (non-hydrogen) atoms. The third-order valence-corrected chi connectivity index (χ3v) is 6.82. The number of hydrogen-bond acceptors (Lipinski definition) is 7. The van der Waals surface area contributed by atoms with Gasteiger partial charge in [-0.05, 0) is 31.5 Å². The molecule has 0 N–H and O–H groups in total. The molecule has 2 saturated heterocycles. The largest absolute Gasteiger partial charge is 0.454 e. The molecule has 0 amide bonds. The summed E-state index contributed by atoms with van der Waals surface area (Å²) in [6.45, 7) is 3.52. The van der Waals surface area contributed by atoms with E-state index in [9.17, 15) is 18.7 Å². The van der Waals surface area contributed by atoms with Crippen LogP contribution in [-0.2, 0) is 40.2 Å². The fourth-order valence-electron chi connectivity index (χ4n) is 3.73. The average molecular weight is 458 g/mol. The van der Waals surface area contributed by atoms with E-state index < -0.39 is 51.1 Å². The number of rotatable bonds is 6. The van der Waals surface area contributed by atoms with Gasteiger partial charge in [-0.3, -0.25) is 4.79 Å². The van der Waals surface area contributed by atoms with Gasteiger partial charge in [-0.2, -0.15) is 0 Å². The van der Waals surface area contributed by atoms with Gasteiger partial charge in [0.2, 0.25) is 0 Å². The standard InChI is InChI=1S/C22H22N2O7S/c1-22(2)30-18-17(16(25)20(24-23)32(26,27)15-11-7-4-8-12-15)29-21(19(18)31-22)28-13-14-9-5-3-6-10-14/h3-12,17-19,21H,13H2,1-2H3/t17-,18+,19+,21+/m0/s1. The fraction of sp³-hybridized carbons (Fsp3) is 0.364. The molecular formula is C22H22N2O7S. The lowest BCUT2D eigenvalue weighted by Crippen LogP contribution is -2.42. The molecular weight excluding hydrogens is 436 g/mol. The van der Waals surface area contributed by atoms with Gasteiger partial charge in [0.1, 0.15) is 12.2 Å². The van der Waals surface area contributed by atoms with Gasteiger partial charge in [-0.15, -0.1) is 4.79 Å². The summed E-state index contributed by atoms with van der Waals surface area (Å²) in [6, 6.07) is 16.6. The minimum atomic E-state index is -4.38. The first-order valence-corrected chi connectivity index (χ1v) is 11.4. The predicted octanol–water partition coefficient (Wildman–Crippen LogP) is 2.12. The normalized spacial score (nSPS) is 26.3. The number of sulfone groups is 1. The van der Waals surface area contributed by atoms with Crippen molar-refractivity contribution in [1.82, 2.24) is 0 Å². The van der Waals surface area contributed by atoms with Crippen LogP contribution in [0.2, 0.25) is 0 Å². The van der Waals surface area contributed by atoms with Crippen molar-refractivity contribution >= 4 is 20.7 Å². The quantitative estimate of drug-likeness (QED) is 0.281. The number of nitrogens with zero attached hydrogens (tertiary/aromatic N) is 2. The van der Waals surface area contributed by atoms with Crippen LogP contribution in [0.15, 0.2) is 65.6 Å². The van der Waals surface area contributed by atoms with Crippen molar-refractivity contribution in [2.24, 2.45) is 0 Å². The number of ether oxygens (including phenoxy) is 4. The number of carbonyl (C=O) groups is 1. The van der Waals surface area contributed by atoms with Crippen LogP contribution >= 0.6 is 0 Å². The van der Waals surface area contributed by atoms with Crippen LogP contribution in [0.25, 0.3) is 5.53 Å². The molecule has 0 aliphatic carbocycles. The SMILES string of the molecule is CC1(C)O[C@H]2[C@H](OCc3ccccc3)O[C@@H](C(=O)C(=[N+]=[N-])S(=O)(=O)c3ccccc3)[C@H]2O1. The third kappa shape index (κ3) is 4.29. The first-order chi connectivity index (χ1) is 15.2. The van der Waals surface area contributed by atoms with Crippen LogP contribution in [0.1, 0.15) is 19.4 Å². The highest BCUT2D eigenvalue weighted by atomic mass is 32.2. The second-order valence-corrected chi connectivity index (χ2v) is 9.74. The Kier molecular flexibility index (Phi) is 6.09. The summed E-state index contributed by atoms with van der Waals surface area (Å²) in [5.41, 5.74) is 10.3. The third-order valence-electron chi connectivity index (χ3n) is 5.14. The van der Waals surface area contributed by atoms with E-state index in [1.54, 1.807) is 19.9 Å². The molecule has 2 aliphatic heterocycles. The van der Waals surface area contributed by atoms with Crippen LogP contribution in [0.4, 0.5) is 0 Å². The Labute approximate surface area is 185 Å². The molecule has 0 spiro atoms. The monoisotopic (exact) mass is 458 g/mol. The Morgan fingerprint density at radius 2 is 1.62 bits per heavy atom. The van der Waals surface area contributed by atoms with Gasteiger partial charge < -0.3 is 24.5 Å². The Morgan fingerprint density at radius 1 is 1.03 bits per heavy atom. The second-order valence-electron chi connectivity index (χ2n) is 7.87. The Bertz CT molecular complexity index is 1150. The maximum Gasteiger partial charge on any atom is 0.454 e. The van der Waals surface area contributed by atoms with Crippen molar-refractivity contribution in [3.63, 3.8) is 0 Å². The van der Waals surface area contributed by atoms with Crippen LogP contribution < -0.4 is 0 Å². The first kappa shape index (κ1) is 22.5. The molecule has 2 heterocycles. The highest BCUT2D eigenvalue weighted by Crippen LogP contribution is 2.40. The van der Waals surface area contributed by atoms with Crippen LogP contribution in [0.3, 0.4) is 0 Å². The summed E-state index contributed by atoms with van der Waals surface area (Å²) < 4.78 is 49.1. The van der Waals surface area contributed by atoms with E-state index in [4.69, 9.17) is 18.9 Å². The topological polar surface area (TPSA) is 125 Å². The molecule has 2 aliphatic rings. The maximum atomic E-state index is 13.2. The van der Waals surface area contributed by atoms with Crippen molar-refractivity contribution in [3.8, 4) is 0 Å². The molecule has 10 heteroatoms. The maximum absolute atomic E-state index is 13.2. The first-order valence-electron chi connectivity index (χ1n) is 9.96. The number of ketones is 1. The van der Waals surface area contributed by atoms with Gasteiger partial charge in [-0.1, -0.05) is 48.5 Å². The molecule has 168 valence electrons. The molecule has 0 radical (unpaired) electrons. The molecule has 0 unspecified atom stereocenters. The molecule has 0 saturated carbocycles. The molecule has 0 bridgehead atoms. The molecule has 2 fully saturated rings. The highest BCUT2D eigenvalue weighted by molar-refractivity contribution is 8.08. The minimum Gasteiger partial charge on any atom is -0.360 e. The molecule has 0 aromatic heterocycles. The Balaban J connectivity index is 1.59. The average Bonchev–Trinajstić information content (AvgIpc) is 3.26. The number of hydrogen-bond donors (Lipinski definition) is 0. The zero-order valence-electron chi connectivity index (χ0n) is 17.5. The van der Waals surface area contributed by atoms with E-state index in [0.717, 1.165) is 5.56 Å². The molecule has 9 nitrogen and oxygen atoms in total. The van der Waals surface area contributed by atoms with Gasteiger partial charge in [0.15, 0.2) is 18.2 Å². The summed E-state index contributed by atoms with van der Waals surface area (Å²) in [5.74, 6) is -2.08. The van der Waals surface area contributed by atoms with Gasteiger partial charge in [0.25, 0.3) is 15.6 Å². The van der Waals surface area contributed by atoms with E-state index in [0.29, 0.717) is 0 Å². The number of benzene rings is 2. The number of carbonyl (C=O) groups excluding carboxylic acids is 1. The van der Waals surface area contributed by atoms with Crippen molar-refractivity contribution in [1.29, 1.82) is 0 Å². The van der Waals surface area contributed by atoms with Crippen LogP contribution in [0.5, 0.6) is 0 Å². The second kappa shape index (κ2) is 8.67. The molecule has 2 aromatic rings. The van der Waals surface area contributed by atoms with E-state index >= 15 is 0 Å². The van der Waals surface area contributed by atoms with E-state index in [2.05, 4.69) is 4.79 Å². The van der Waals surface area contributed by atoms with Crippen molar-refractivity contribution in [2.75, 3.05) is 0 Å². The number of fused-ring (bicyclic) bond motifs is 1. The Hall–Kier alpha value is -2.72. The zero-order chi connectivity index (χ0) is 22.9. The minimum absolute atomic E-state index is 0.183. The number of Topliss-reactive ketones (excluding diaryl/α,β-unsaturated/α-hetero) is 1. The summed E-state index contributed by atoms with van der Waals surface area (Å²) in [4.78, 5) is 15.8.